The number of carbonyl (C=O) groups is 1. The Morgan fingerprint density at radius 2 is 2.16 bits per heavy atom. The van der Waals surface area contributed by atoms with E-state index in [0.717, 1.165) is 42.3 Å². The average molecular weight is 339 g/mol. The van der Waals surface area contributed by atoms with E-state index in [1.165, 1.54) is 6.42 Å². The fourth-order valence-corrected chi connectivity index (χ4v) is 3.13. The molecule has 3 rings (SSSR count). The Morgan fingerprint density at radius 1 is 1.32 bits per heavy atom. The van der Waals surface area contributed by atoms with Gasteiger partial charge in [0.15, 0.2) is 0 Å². The lowest BCUT2D eigenvalue weighted by molar-refractivity contribution is -0.121. The molecule has 3 heterocycles. The number of hydrogen-bond acceptors (Lipinski definition) is 5. The minimum Gasteiger partial charge on any atom is -0.352 e. The summed E-state index contributed by atoms with van der Waals surface area (Å²) in [4.78, 5) is 25.2. The van der Waals surface area contributed by atoms with E-state index < -0.39 is 0 Å². The molecule has 0 saturated carbocycles. The summed E-state index contributed by atoms with van der Waals surface area (Å²) in [6, 6.07) is 5.87. The zero-order valence-electron chi connectivity index (χ0n) is 14.7. The van der Waals surface area contributed by atoms with Gasteiger partial charge in [0.1, 0.15) is 5.82 Å². The maximum atomic E-state index is 12.1. The van der Waals surface area contributed by atoms with Crippen molar-refractivity contribution in [3.8, 4) is 0 Å². The van der Waals surface area contributed by atoms with Gasteiger partial charge in [-0.25, -0.2) is 9.97 Å². The van der Waals surface area contributed by atoms with Crippen molar-refractivity contribution in [3.05, 3.63) is 53.4 Å². The molecule has 2 N–H and O–H groups in total. The number of aromatic nitrogens is 3. The van der Waals surface area contributed by atoms with E-state index in [1.54, 1.807) is 12.4 Å². The van der Waals surface area contributed by atoms with Gasteiger partial charge in [-0.1, -0.05) is 0 Å². The third-order valence-electron chi connectivity index (χ3n) is 4.47. The first-order chi connectivity index (χ1) is 12.2. The predicted octanol–water partition coefficient (Wildman–Crippen LogP) is 1.90. The van der Waals surface area contributed by atoms with Crippen LogP contribution in [0.25, 0.3) is 0 Å². The quantitative estimate of drug-likeness (QED) is 0.840. The van der Waals surface area contributed by atoms with E-state index in [9.17, 15) is 4.79 Å². The first kappa shape index (κ1) is 17.5. The van der Waals surface area contributed by atoms with Gasteiger partial charge in [-0.2, -0.15) is 0 Å². The summed E-state index contributed by atoms with van der Waals surface area (Å²) < 4.78 is 0. The van der Waals surface area contributed by atoms with Crippen LogP contribution in [0.15, 0.2) is 30.6 Å². The Hall–Kier alpha value is -2.34. The van der Waals surface area contributed by atoms with Crippen LogP contribution < -0.4 is 10.6 Å². The molecule has 1 aliphatic rings. The second-order valence-electron chi connectivity index (χ2n) is 6.51. The Morgan fingerprint density at radius 3 is 2.92 bits per heavy atom. The highest BCUT2D eigenvalue weighted by molar-refractivity contribution is 5.76. The summed E-state index contributed by atoms with van der Waals surface area (Å²) in [5.74, 6) is 1.28. The summed E-state index contributed by atoms with van der Waals surface area (Å²) in [6.45, 7) is 4.52. The zero-order valence-corrected chi connectivity index (χ0v) is 14.7. The van der Waals surface area contributed by atoms with Crippen LogP contribution in [-0.4, -0.2) is 33.9 Å². The normalized spacial score (nSPS) is 17.2. The van der Waals surface area contributed by atoms with Crippen LogP contribution in [0.4, 0.5) is 0 Å². The van der Waals surface area contributed by atoms with Gasteiger partial charge in [0.2, 0.25) is 5.91 Å². The largest absolute Gasteiger partial charge is 0.352 e. The number of aryl methyl sites for hydroxylation is 2. The van der Waals surface area contributed by atoms with Crippen molar-refractivity contribution < 1.29 is 4.79 Å². The molecule has 25 heavy (non-hydrogen) atoms. The first-order valence-electron chi connectivity index (χ1n) is 8.91. The number of hydrogen-bond donors (Lipinski definition) is 2. The topological polar surface area (TPSA) is 79.8 Å². The molecule has 1 atom stereocenters. The zero-order chi connectivity index (χ0) is 17.5. The van der Waals surface area contributed by atoms with E-state index in [1.807, 2.05) is 19.1 Å². The van der Waals surface area contributed by atoms with Crippen LogP contribution in [0.5, 0.6) is 0 Å². The van der Waals surface area contributed by atoms with Crippen LogP contribution in [0, 0.1) is 6.92 Å². The lowest BCUT2D eigenvalue weighted by Gasteiger charge is -2.22. The predicted molar refractivity (Wildman–Crippen MR) is 96.0 cm³/mol. The Balaban J connectivity index is 1.53. The van der Waals surface area contributed by atoms with E-state index >= 15 is 0 Å². The van der Waals surface area contributed by atoms with Gasteiger partial charge in [-0.3, -0.25) is 9.78 Å². The highest BCUT2D eigenvalue weighted by Crippen LogP contribution is 2.22. The van der Waals surface area contributed by atoms with Gasteiger partial charge < -0.3 is 10.6 Å². The lowest BCUT2D eigenvalue weighted by atomic mass is 9.95. The standard InChI is InChI=1S/C19H25N5O/c1-14-23-17(11-18(24-14)16-3-2-8-21-13-16)4-5-19(25)22-12-15-6-9-20-10-7-15/h6-7,9-11,16,21H,2-5,8,12-13H2,1H3,(H,22,25). The maximum absolute atomic E-state index is 12.1. The third kappa shape index (κ3) is 5.32. The Kier molecular flexibility index (Phi) is 6.06. The number of piperidine rings is 1. The summed E-state index contributed by atoms with van der Waals surface area (Å²) in [5.41, 5.74) is 3.10. The van der Waals surface area contributed by atoms with E-state index in [2.05, 4.69) is 31.7 Å². The second kappa shape index (κ2) is 8.67. The van der Waals surface area contributed by atoms with Gasteiger partial charge in [-0.15, -0.1) is 0 Å². The molecule has 1 fully saturated rings. The second-order valence-corrected chi connectivity index (χ2v) is 6.51. The molecule has 0 radical (unpaired) electrons. The van der Waals surface area contributed by atoms with Gasteiger partial charge in [0, 0.05) is 49.2 Å². The number of nitrogens with zero attached hydrogens (tertiary/aromatic N) is 3. The van der Waals surface area contributed by atoms with Crippen molar-refractivity contribution >= 4 is 5.91 Å². The molecule has 0 bridgehead atoms. The Labute approximate surface area is 148 Å². The third-order valence-corrected chi connectivity index (χ3v) is 4.47. The number of nitrogens with one attached hydrogen (secondary N) is 2. The molecule has 132 valence electrons. The minimum absolute atomic E-state index is 0.0361. The SMILES string of the molecule is Cc1nc(CCC(=O)NCc2ccncc2)cc(C2CCCNC2)n1. The van der Waals surface area contributed by atoms with Gasteiger partial charge in [0.05, 0.1) is 0 Å². The van der Waals surface area contributed by atoms with Gasteiger partial charge in [0.25, 0.3) is 0 Å². The van der Waals surface area contributed by atoms with Crippen LogP contribution in [-0.2, 0) is 17.8 Å². The summed E-state index contributed by atoms with van der Waals surface area (Å²) in [6.07, 6.45) is 6.87. The molecule has 2 aromatic rings. The van der Waals surface area contributed by atoms with Gasteiger partial charge >= 0.3 is 0 Å². The van der Waals surface area contributed by atoms with Crippen LogP contribution in [0.2, 0.25) is 0 Å². The molecule has 1 aliphatic heterocycles. The Bertz CT molecular complexity index is 698. The molecule has 2 aromatic heterocycles. The van der Waals surface area contributed by atoms with Crippen LogP contribution in [0.1, 0.15) is 48.0 Å². The van der Waals surface area contributed by atoms with Crippen molar-refractivity contribution in [2.75, 3.05) is 13.1 Å². The number of pyridine rings is 1. The summed E-state index contributed by atoms with van der Waals surface area (Å²) in [7, 11) is 0. The molecular weight excluding hydrogens is 314 g/mol. The molecule has 0 aliphatic carbocycles. The minimum atomic E-state index is 0.0361. The molecule has 0 spiro atoms. The molecule has 6 heteroatoms. The fraction of sp³-hybridized carbons (Fsp3) is 0.474. The van der Waals surface area contributed by atoms with E-state index in [0.29, 0.717) is 25.3 Å². The van der Waals surface area contributed by atoms with Crippen molar-refractivity contribution in [1.82, 2.24) is 25.6 Å². The van der Waals surface area contributed by atoms with Crippen molar-refractivity contribution in [2.24, 2.45) is 0 Å². The number of carbonyl (C=O) groups excluding carboxylic acids is 1. The summed E-state index contributed by atoms with van der Waals surface area (Å²) >= 11 is 0. The average Bonchev–Trinajstić information content (AvgIpc) is 2.66. The number of amides is 1. The molecular formula is C19H25N5O. The molecule has 1 saturated heterocycles. The number of rotatable bonds is 6. The van der Waals surface area contributed by atoms with Crippen LogP contribution >= 0.6 is 0 Å². The maximum Gasteiger partial charge on any atom is 0.220 e. The molecule has 0 aromatic carbocycles. The van der Waals surface area contributed by atoms with Gasteiger partial charge in [-0.05, 0) is 56.5 Å². The van der Waals surface area contributed by atoms with Crippen molar-refractivity contribution in [2.45, 2.75) is 45.1 Å². The highest BCUT2D eigenvalue weighted by Gasteiger charge is 2.18. The van der Waals surface area contributed by atoms with Crippen molar-refractivity contribution in [3.63, 3.8) is 0 Å². The van der Waals surface area contributed by atoms with Crippen LogP contribution in [0.3, 0.4) is 0 Å². The smallest absolute Gasteiger partial charge is 0.220 e. The molecule has 1 amide bonds. The van der Waals surface area contributed by atoms with E-state index in [4.69, 9.17) is 0 Å². The first-order valence-corrected chi connectivity index (χ1v) is 8.91. The molecule has 1 unspecified atom stereocenters. The van der Waals surface area contributed by atoms with E-state index in [-0.39, 0.29) is 5.91 Å². The highest BCUT2D eigenvalue weighted by atomic mass is 16.1. The van der Waals surface area contributed by atoms with Crippen molar-refractivity contribution in [1.29, 1.82) is 0 Å². The summed E-state index contributed by atoms with van der Waals surface area (Å²) in [5, 5.41) is 6.37. The lowest BCUT2D eigenvalue weighted by Crippen LogP contribution is -2.29. The fourth-order valence-electron chi connectivity index (χ4n) is 3.13. The molecule has 6 nitrogen and oxygen atoms in total. The monoisotopic (exact) mass is 339 g/mol.